The smallest absolute Gasteiger partial charge is 0.407 e. The number of cyclic esters (lactones) is 1. The Hall–Kier alpha value is -3.95. The lowest BCUT2D eigenvalue weighted by Crippen LogP contribution is -2.22. The second-order valence-corrected chi connectivity index (χ2v) is 7.09. The van der Waals surface area contributed by atoms with Gasteiger partial charge < -0.3 is 21.5 Å². The monoisotopic (exact) mass is 408 g/mol. The van der Waals surface area contributed by atoms with Crippen molar-refractivity contribution in [3.05, 3.63) is 46.9 Å². The van der Waals surface area contributed by atoms with Crippen LogP contribution in [-0.4, -0.2) is 45.3 Å². The molecule has 1 fully saturated rings. The van der Waals surface area contributed by atoms with E-state index < -0.39 is 17.9 Å². The summed E-state index contributed by atoms with van der Waals surface area (Å²) in [5.41, 5.74) is 13.9. The molecule has 3 heterocycles. The number of fused-ring (bicyclic) bond motifs is 1. The van der Waals surface area contributed by atoms with Gasteiger partial charge in [-0.1, -0.05) is 18.2 Å². The summed E-state index contributed by atoms with van der Waals surface area (Å²) in [7, 11) is 0. The number of primary amides is 2. The molecule has 5 N–H and O–H groups in total. The second kappa shape index (κ2) is 7.14. The van der Waals surface area contributed by atoms with E-state index in [0.29, 0.717) is 40.9 Å². The van der Waals surface area contributed by atoms with E-state index in [2.05, 4.69) is 15.4 Å². The number of nitrogens with two attached hydrogens (primary N) is 2. The van der Waals surface area contributed by atoms with Crippen LogP contribution in [0, 0.1) is 13.8 Å². The van der Waals surface area contributed by atoms with Crippen molar-refractivity contribution in [2.75, 3.05) is 6.54 Å². The molecule has 1 saturated heterocycles. The number of nitrogens with zero attached hydrogens (tertiary/aromatic N) is 3. The van der Waals surface area contributed by atoms with E-state index in [4.69, 9.17) is 16.2 Å². The maximum atomic E-state index is 12.5. The Morgan fingerprint density at radius 3 is 2.57 bits per heavy atom. The summed E-state index contributed by atoms with van der Waals surface area (Å²) in [5.74, 6) is -1.48. The fraction of sp³-hybridized carbons (Fsp3) is 0.250. The van der Waals surface area contributed by atoms with E-state index in [1.807, 2.05) is 0 Å². The first kappa shape index (κ1) is 19.4. The van der Waals surface area contributed by atoms with Crippen molar-refractivity contribution in [3.63, 3.8) is 0 Å². The third-order valence-electron chi connectivity index (χ3n) is 5.13. The Labute approximate surface area is 171 Å². The number of aromatic nitrogens is 3. The van der Waals surface area contributed by atoms with Crippen molar-refractivity contribution in [1.82, 2.24) is 20.1 Å². The number of alkyl carbamates (subject to hydrolysis) is 1. The molecule has 10 nitrogen and oxygen atoms in total. The molecule has 1 unspecified atom stereocenters. The summed E-state index contributed by atoms with van der Waals surface area (Å²) < 4.78 is 6.85. The molecule has 1 aliphatic heterocycles. The van der Waals surface area contributed by atoms with Gasteiger partial charge in [0, 0.05) is 22.2 Å². The number of rotatable bonds is 5. The van der Waals surface area contributed by atoms with Crippen molar-refractivity contribution < 1.29 is 19.1 Å². The van der Waals surface area contributed by atoms with E-state index in [-0.39, 0.29) is 22.9 Å². The minimum absolute atomic E-state index is 0.0535. The topological polar surface area (TPSA) is 155 Å². The lowest BCUT2D eigenvalue weighted by Gasteiger charge is -2.15. The van der Waals surface area contributed by atoms with Gasteiger partial charge in [-0.3, -0.25) is 14.3 Å². The standard InChI is InChI=1S/C20H20N6O4/c1-9-14(10(2)26(25-9)8-11-7-23-20(29)30-11)16-15(18(21)27)12-5-3-4-6-13(12)24-17(16)19(22)28/h3-6,11H,7-8H2,1-2H3,(H2,21,27)(H2,22,28)(H,23,29). The first-order valence-electron chi connectivity index (χ1n) is 9.29. The van der Waals surface area contributed by atoms with Crippen LogP contribution in [0.3, 0.4) is 0 Å². The van der Waals surface area contributed by atoms with E-state index in [9.17, 15) is 14.4 Å². The second-order valence-electron chi connectivity index (χ2n) is 7.09. The highest BCUT2D eigenvalue weighted by molar-refractivity contribution is 6.15. The summed E-state index contributed by atoms with van der Waals surface area (Å²) in [6.45, 7) is 4.22. The van der Waals surface area contributed by atoms with Crippen LogP contribution in [0.15, 0.2) is 24.3 Å². The molecule has 4 rings (SSSR count). The van der Waals surface area contributed by atoms with Gasteiger partial charge in [0.25, 0.3) is 5.91 Å². The molecule has 0 bridgehead atoms. The van der Waals surface area contributed by atoms with Crippen molar-refractivity contribution in [2.24, 2.45) is 11.5 Å². The number of amides is 3. The minimum atomic E-state index is -0.779. The summed E-state index contributed by atoms with van der Waals surface area (Å²) in [6.07, 6.45) is -0.864. The third kappa shape index (κ3) is 3.11. The quantitative estimate of drug-likeness (QED) is 0.572. The molecule has 10 heteroatoms. The van der Waals surface area contributed by atoms with Crippen LogP contribution in [0.25, 0.3) is 22.0 Å². The van der Waals surface area contributed by atoms with E-state index >= 15 is 0 Å². The van der Waals surface area contributed by atoms with Crippen LogP contribution in [0.2, 0.25) is 0 Å². The third-order valence-corrected chi connectivity index (χ3v) is 5.13. The van der Waals surface area contributed by atoms with Gasteiger partial charge in [0.1, 0.15) is 11.8 Å². The van der Waals surface area contributed by atoms with Crippen LogP contribution in [-0.2, 0) is 11.3 Å². The van der Waals surface area contributed by atoms with E-state index in [1.54, 1.807) is 42.8 Å². The first-order chi connectivity index (χ1) is 14.3. The predicted molar refractivity (Wildman–Crippen MR) is 108 cm³/mol. The zero-order valence-electron chi connectivity index (χ0n) is 16.4. The summed E-state index contributed by atoms with van der Waals surface area (Å²) >= 11 is 0. The number of nitrogens with one attached hydrogen (secondary N) is 1. The van der Waals surface area contributed by atoms with Crippen molar-refractivity contribution >= 4 is 28.8 Å². The minimum Gasteiger partial charge on any atom is -0.442 e. The van der Waals surface area contributed by atoms with Gasteiger partial charge >= 0.3 is 6.09 Å². The first-order valence-corrected chi connectivity index (χ1v) is 9.29. The molecular weight excluding hydrogens is 388 g/mol. The average molecular weight is 408 g/mol. The molecule has 0 spiro atoms. The number of carbonyl (C=O) groups excluding carboxylic acids is 3. The van der Waals surface area contributed by atoms with Crippen LogP contribution in [0.1, 0.15) is 32.2 Å². The maximum Gasteiger partial charge on any atom is 0.407 e. The lowest BCUT2D eigenvalue weighted by molar-refractivity contribution is 0.0996. The molecular formula is C20H20N6O4. The Morgan fingerprint density at radius 2 is 1.93 bits per heavy atom. The van der Waals surface area contributed by atoms with Crippen LogP contribution in [0.5, 0.6) is 0 Å². The molecule has 3 aromatic rings. The largest absolute Gasteiger partial charge is 0.442 e. The molecule has 0 saturated carbocycles. The molecule has 1 aliphatic rings. The molecule has 154 valence electrons. The molecule has 1 aromatic carbocycles. The van der Waals surface area contributed by atoms with Gasteiger partial charge in [0.2, 0.25) is 5.91 Å². The zero-order chi connectivity index (χ0) is 21.6. The maximum absolute atomic E-state index is 12.5. The van der Waals surface area contributed by atoms with Crippen LogP contribution >= 0.6 is 0 Å². The van der Waals surface area contributed by atoms with Gasteiger partial charge in [0.15, 0.2) is 0 Å². The highest BCUT2D eigenvalue weighted by Crippen LogP contribution is 2.36. The highest BCUT2D eigenvalue weighted by Gasteiger charge is 2.29. The molecule has 3 amide bonds. The predicted octanol–water partition coefficient (Wildman–Crippen LogP) is 1.02. The summed E-state index contributed by atoms with van der Waals surface area (Å²) in [6, 6.07) is 6.91. The van der Waals surface area contributed by atoms with E-state index in [0.717, 1.165) is 0 Å². The average Bonchev–Trinajstić information content (AvgIpc) is 3.22. The number of hydrogen-bond acceptors (Lipinski definition) is 6. The number of aryl methyl sites for hydroxylation is 1. The molecule has 30 heavy (non-hydrogen) atoms. The van der Waals surface area contributed by atoms with Crippen LogP contribution in [0.4, 0.5) is 4.79 Å². The van der Waals surface area contributed by atoms with E-state index in [1.165, 1.54) is 0 Å². The number of carbonyl (C=O) groups is 3. The van der Waals surface area contributed by atoms with Gasteiger partial charge in [-0.05, 0) is 19.9 Å². The number of benzene rings is 1. The molecule has 0 aliphatic carbocycles. The van der Waals surface area contributed by atoms with Crippen molar-refractivity contribution in [3.8, 4) is 11.1 Å². The lowest BCUT2D eigenvalue weighted by atomic mass is 9.92. The number of ether oxygens (including phenoxy) is 1. The highest BCUT2D eigenvalue weighted by atomic mass is 16.6. The summed E-state index contributed by atoms with van der Waals surface area (Å²) in [5, 5.41) is 7.64. The van der Waals surface area contributed by atoms with Gasteiger partial charge in [-0.15, -0.1) is 0 Å². The normalized spacial score (nSPS) is 15.8. The summed E-state index contributed by atoms with van der Waals surface area (Å²) in [4.78, 5) is 40.5. The number of hydrogen-bond donors (Lipinski definition) is 3. The number of para-hydroxylation sites is 1. The van der Waals surface area contributed by atoms with Gasteiger partial charge in [0.05, 0.1) is 29.9 Å². The Morgan fingerprint density at radius 1 is 1.20 bits per heavy atom. The fourth-order valence-electron chi connectivity index (χ4n) is 3.85. The number of pyridine rings is 1. The SMILES string of the molecule is Cc1nn(CC2CNC(=O)O2)c(C)c1-c1c(C(N)=O)nc2ccccc2c1C(N)=O. The Kier molecular flexibility index (Phi) is 4.61. The van der Waals surface area contributed by atoms with Crippen LogP contribution < -0.4 is 16.8 Å². The molecule has 0 radical (unpaired) electrons. The Balaban J connectivity index is 1.96. The molecule has 2 aromatic heterocycles. The molecule has 1 atom stereocenters. The van der Waals surface area contributed by atoms with Crippen molar-refractivity contribution in [1.29, 1.82) is 0 Å². The van der Waals surface area contributed by atoms with Crippen molar-refractivity contribution in [2.45, 2.75) is 26.5 Å². The Bertz CT molecular complexity index is 1220. The zero-order valence-corrected chi connectivity index (χ0v) is 16.4. The fourth-order valence-corrected chi connectivity index (χ4v) is 3.85. The van der Waals surface area contributed by atoms with Gasteiger partial charge in [-0.2, -0.15) is 5.10 Å². The van der Waals surface area contributed by atoms with Gasteiger partial charge in [-0.25, -0.2) is 9.78 Å².